The van der Waals surface area contributed by atoms with Crippen LogP contribution in [0, 0.1) is 11.8 Å². The van der Waals surface area contributed by atoms with Gasteiger partial charge in [0.1, 0.15) is 0 Å². The Morgan fingerprint density at radius 2 is 2.11 bits per heavy atom. The standard InChI is InChI=1S/C9H12/c1-5-7-9(6-2)8(3)4/h6H,3H2,1-2,4H3/b9-6+. The Kier molecular flexibility index (Phi) is 3.55. The molecule has 0 nitrogen and oxygen atoms in total. The molecular formula is C9H12. The molecule has 0 N–H and O–H groups in total. The summed E-state index contributed by atoms with van der Waals surface area (Å²) >= 11 is 0. The Bertz CT molecular complexity index is 184. The maximum Gasteiger partial charge on any atom is 0.0225 e. The van der Waals surface area contributed by atoms with E-state index in [0.717, 1.165) is 11.1 Å². The normalized spacial score (nSPS) is 9.89. The number of hydrogen-bond donors (Lipinski definition) is 0. The molecule has 0 saturated heterocycles. The van der Waals surface area contributed by atoms with Crippen molar-refractivity contribution in [2.24, 2.45) is 0 Å². The van der Waals surface area contributed by atoms with Crippen molar-refractivity contribution in [3.63, 3.8) is 0 Å². The topological polar surface area (TPSA) is 0 Å². The van der Waals surface area contributed by atoms with Gasteiger partial charge in [-0.1, -0.05) is 18.6 Å². The van der Waals surface area contributed by atoms with Crippen molar-refractivity contribution in [3.8, 4) is 11.8 Å². The van der Waals surface area contributed by atoms with Gasteiger partial charge in [-0.3, -0.25) is 0 Å². The van der Waals surface area contributed by atoms with Crippen LogP contribution in [0.1, 0.15) is 20.8 Å². The molecule has 0 amide bonds. The average Bonchev–Trinajstić information content (AvgIpc) is 1.82. The van der Waals surface area contributed by atoms with E-state index in [2.05, 4.69) is 18.4 Å². The molecule has 0 radical (unpaired) electrons. The van der Waals surface area contributed by atoms with Gasteiger partial charge in [0.15, 0.2) is 0 Å². The first kappa shape index (κ1) is 8.04. The molecule has 0 aliphatic rings. The molecule has 0 aromatic heterocycles. The predicted octanol–water partition coefficient (Wildman–Crippen LogP) is 2.53. The van der Waals surface area contributed by atoms with E-state index in [1.165, 1.54) is 0 Å². The van der Waals surface area contributed by atoms with Crippen LogP contribution in [0.25, 0.3) is 0 Å². The van der Waals surface area contributed by atoms with Crippen LogP contribution in [0.5, 0.6) is 0 Å². The SMILES string of the molecule is C=C(C)/C(C#CC)=C/C. The van der Waals surface area contributed by atoms with Gasteiger partial charge < -0.3 is 0 Å². The first-order valence-corrected chi connectivity index (χ1v) is 2.97. The van der Waals surface area contributed by atoms with E-state index < -0.39 is 0 Å². The average molecular weight is 120 g/mol. The summed E-state index contributed by atoms with van der Waals surface area (Å²) in [4.78, 5) is 0. The van der Waals surface area contributed by atoms with Gasteiger partial charge in [-0.15, -0.1) is 5.92 Å². The Morgan fingerprint density at radius 3 is 2.22 bits per heavy atom. The van der Waals surface area contributed by atoms with Gasteiger partial charge in [-0.05, 0) is 26.3 Å². The van der Waals surface area contributed by atoms with Gasteiger partial charge in [-0.25, -0.2) is 0 Å². The molecule has 9 heavy (non-hydrogen) atoms. The summed E-state index contributed by atoms with van der Waals surface area (Å²) in [5, 5.41) is 0. The number of rotatable bonds is 1. The third kappa shape index (κ3) is 2.77. The monoisotopic (exact) mass is 120 g/mol. The summed E-state index contributed by atoms with van der Waals surface area (Å²) < 4.78 is 0. The molecule has 0 aliphatic heterocycles. The van der Waals surface area contributed by atoms with Gasteiger partial charge >= 0.3 is 0 Å². The van der Waals surface area contributed by atoms with Crippen LogP contribution in [0.15, 0.2) is 23.8 Å². The first-order chi connectivity index (χ1) is 4.22. The molecule has 0 fully saturated rings. The van der Waals surface area contributed by atoms with Crippen molar-refractivity contribution in [3.05, 3.63) is 23.8 Å². The Balaban J connectivity index is 4.32. The molecule has 0 saturated carbocycles. The molecule has 0 heterocycles. The summed E-state index contributed by atoms with van der Waals surface area (Å²) in [6, 6.07) is 0. The van der Waals surface area contributed by atoms with Crippen LogP contribution in [-0.2, 0) is 0 Å². The second-order valence-corrected chi connectivity index (χ2v) is 1.86. The molecule has 0 heteroatoms. The molecule has 0 atom stereocenters. The highest BCUT2D eigenvalue weighted by molar-refractivity contribution is 5.42. The van der Waals surface area contributed by atoms with Crippen LogP contribution >= 0.6 is 0 Å². The maximum absolute atomic E-state index is 3.77. The fraction of sp³-hybridized carbons (Fsp3) is 0.333. The zero-order valence-electron chi connectivity index (χ0n) is 6.28. The van der Waals surface area contributed by atoms with Gasteiger partial charge in [0.2, 0.25) is 0 Å². The summed E-state index contributed by atoms with van der Waals surface area (Å²) in [7, 11) is 0. The second kappa shape index (κ2) is 3.97. The lowest BCUT2D eigenvalue weighted by Crippen LogP contribution is -1.76. The summed E-state index contributed by atoms with van der Waals surface area (Å²) in [6.07, 6.45) is 1.97. The molecule has 0 unspecified atom stereocenters. The van der Waals surface area contributed by atoms with E-state index in [1.54, 1.807) is 0 Å². The van der Waals surface area contributed by atoms with Gasteiger partial charge in [0.25, 0.3) is 0 Å². The molecule has 0 aliphatic carbocycles. The molecule has 0 bridgehead atoms. The van der Waals surface area contributed by atoms with Crippen molar-refractivity contribution in [2.45, 2.75) is 20.8 Å². The highest BCUT2D eigenvalue weighted by atomic mass is 13.9. The first-order valence-electron chi connectivity index (χ1n) is 2.97. The maximum atomic E-state index is 3.77. The Morgan fingerprint density at radius 1 is 1.56 bits per heavy atom. The lowest BCUT2D eigenvalue weighted by atomic mass is 10.1. The quantitative estimate of drug-likeness (QED) is 0.368. The molecule has 0 rings (SSSR count). The number of hydrogen-bond acceptors (Lipinski definition) is 0. The van der Waals surface area contributed by atoms with E-state index >= 15 is 0 Å². The fourth-order valence-electron chi connectivity index (χ4n) is 0.560. The van der Waals surface area contributed by atoms with Crippen molar-refractivity contribution in [1.29, 1.82) is 0 Å². The van der Waals surface area contributed by atoms with E-state index in [0.29, 0.717) is 0 Å². The second-order valence-electron chi connectivity index (χ2n) is 1.86. The Hall–Kier alpha value is -0.960. The van der Waals surface area contributed by atoms with E-state index in [1.807, 2.05) is 26.8 Å². The van der Waals surface area contributed by atoms with Crippen molar-refractivity contribution in [1.82, 2.24) is 0 Å². The van der Waals surface area contributed by atoms with Gasteiger partial charge in [-0.2, -0.15) is 0 Å². The van der Waals surface area contributed by atoms with Crippen molar-refractivity contribution < 1.29 is 0 Å². The van der Waals surface area contributed by atoms with Crippen molar-refractivity contribution >= 4 is 0 Å². The third-order valence-electron chi connectivity index (χ3n) is 1.01. The van der Waals surface area contributed by atoms with Crippen LogP contribution in [-0.4, -0.2) is 0 Å². The van der Waals surface area contributed by atoms with Crippen LogP contribution < -0.4 is 0 Å². The molecule has 0 aromatic rings. The van der Waals surface area contributed by atoms with E-state index in [-0.39, 0.29) is 0 Å². The summed E-state index contributed by atoms with van der Waals surface area (Å²) in [5.74, 6) is 5.76. The molecule has 0 spiro atoms. The molecular weight excluding hydrogens is 108 g/mol. The van der Waals surface area contributed by atoms with Crippen LogP contribution in [0.4, 0.5) is 0 Å². The minimum Gasteiger partial charge on any atom is -0.101 e. The van der Waals surface area contributed by atoms with Gasteiger partial charge in [0, 0.05) is 5.57 Å². The predicted molar refractivity (Wildman–Crippen MR) is 42.0 cm³/mol. The molecule has 48 valence electrons. The largest absolute Gasteiger partial charge is 0.101 e. The minimum atomic E-state index is 1.03. The lowest BCUT2D eigenvalue weighted by Gasteiger charge is -1.92. The zero-order chi connectivity index (χ0) is 7.28. The van der Waals surface area contributed by atoms with Crippen LogP contribution in [0.2, 0.25) is 0 Å². The Labute approximate surface area is 57.3 Å². The van der Waals surface area contributed by atoms with Gasteiger partial charge in [0.05, 0.1) is 0 Å². The lowest BCUT2D eigenvalue weighted by molar-refractivity contribution is 1.45. The van der Waals surface area contributed by atoms with E-state index in [9.17, 15) is 0 Å². The third-order valence-corrected chi connectivity index (χ3v) is 1.01. The highest BCUT2D eigenvalue weighted by Gasteiger charge is 1.86. The van der Waals surface area contributed by atoms with E-state index in [4.69, 9.17) is 0 Å². The summed E-state index contributed by atoms with van der Waals surface area (Å²) in [5.41, 5.74) is 2.07. The molecule has 0 aromatic carbocycles. The minimum absolute atomic E-state index is 1.03. The smallest absolute Gasteiger partial charge is 0.0225 e. The number of allylic oxidation sites excluding steroid dienone is 3. The summed E-state index contributed by atoms with van der Waals surface area (Å²) in [6.45, 7) is 9.52. The fourth-order valence-corrected chi connectivity index (χ4v) is 0.560. The van der Waals surface area contributed by atoms with Crippen molar-refractivity contribution in [2.75, 3.05) is 0 Å². The highest BCUT2D eigenvalue weighted by Crippen LogP contribution is 2.03. The zero-order valence-corrected chi connectivity index (χ0v) is 6.28. The van der Waals surface area contributed by atoms with Crippen LogP contribution in [0.3, 0.4) is 0 Å².